The first kappa shape index (κ1) is 18.6. The van der Waals surface area contributed by atoms with E-state index >= 15 is 0 Å². The van der Waals surface area contributed by atoms with Crippen molar-refractivity contribution in [2.45, 2.75) is 20.0 Å². The van der Waals surface area contributed by atoms with E-state index < -0.39 is 0 Å². The Morgan fingerprint density at radius 2 is 1.70 bits per heavy atom. The number of nitrogens with zero attached hydrogens (tertiary/aromatic N) is 5. The number of hydrogen-bond acceptors (Lipinski definition) is 3. The van der Waals surface area contributed by atoms with E-state index in [9.17, 15) is 0 Å². The molecule has 0 aliphatic carbocycles. The number of rotatable bonds is 5. The molecule has 0 N–H and O–H groups in total. The third-order valence-corrected chi connectivity index (χ3v) is 5.40. The minimum absolute atomic E-state index is 0.523. The second-order valence-corrected chi connectivity index (χ2v) is 7.88. The summed E-state index contributed by atoms with van der Waals surface area (Å²) < 4.78 is 2.24. The van der Waals surface area contributed by atoms with Crippen molar-refractivity contribution in [2.24, 2.45) is 0 Å². The summed E-state index contributed by atoms with van der Waals surface area (Å²) in [6, 6.07) is 24.7. The Hall–Kier alpha value is -3.44. The highest BCUT2D eigenvalue weighted by Gasteiger charge is 2.15. The van der Waals surface area contributed by atoms with Crippen molar-refractivity contribution >= 4 is 22.5 Å². The van der Waals surface area contributed by atoms with Gasteiger partial charge in [0.15, 0.2) is 0 Å². The fraction of sp³-hybridized carbons (Fsp3) is 0.125. The van der Waals surface area contributed by atoms with Crippen LogP contribution in [0, 0.1) is 6.92 Å². The quantitative estimate of drug-likeness (QED) is 0.390. The van der Waals surface area contributed by atoms with Crippen LogP contribution in [0.15, 0.2) is 79.0 Å². The lowest BCUT2D eigenvalue weighted by Crippen LogP contribution is -2.03. The van der Waals surface area contributed by atoms with Gasteiger partial charge in [-0.2, -0.15) is 4.80 Å². The molecule has 3 aromatic carbocycles. The van der Waals surface area contributed by atoms with Crippen LogP contribution in [0.5, 0.6) is 0 Å². The predicted octanol–water partition coefficient (Wildman–Crippen LogP) is 5.35. The van der Waals surface area contributed by atoms with Crippen LogP contribution in [0.1, 0.15) is 16.7 Å². The molecular weight excluding hydrogens is 394 g/mol. The molecular formula is C24H20ClN5. The average molecular weight is 414 g/mol. The van der Waals surface area contributed by atoms with Gasteiger partial charge >= 0.3 is 0 Å². The zero-order chi connectivity index (χ0) is 20.5. The van der Waals surface area contributed by atoms with E-state index in [0.717, 1.165) is 28.6 Å². The molecule has 30 heavy (non-hydrogen) atoms. The summed E-state index contributed by atoms with van der Waals surface area (Å²) in [5.74, 6) is 0.621. The van der Waals surface area contributed by atoms with Crippen LogP contribution in [0.25, 0.3) is 22.3 Å². The first-order chi connectivity index (χ1) is 14.7. The highest BCUT2D eigenvalue weighted by molar-refractivity contribution is 6.30. The molecule has 6 heteroatoms. The number of halogens is 1. The number of aryl methyl sites for hydroxylation is 1. The Bertz CT molecular complexity index is 1320. The molecule has 5 nitrogen and oxygen atoms in total. The SMILES string of the molecule is Cc1ccc(Cn2cc(-c3nnn(Cc4cccc(Cl)c4)n3)c3ccccc32)cc1. The zero-order valence-corrected chi connectivity index (χ0v) is 17.3. The fourth-order valence-corrected chi connectivity index (χ4v) is 3.88. The van der Waals surface area contributed by atoms with Crippen LogP contribution in [-0.4, -0.2) is 24.8 Å². The third kappa shape index (κ3) is 3.72. The fourth-order valence-electron chi connectivity index (χ4n) is 3.66. The molecule has 5 rings (SSSR count). The van der Waals surface area contributed by atoms with Gasteiger partial charge in [0.05, 0.1) is 6.54 Å². The highest BCUT2D eigenvalue weighted by atomic mass is 35.5. The Balaban J connectivity index is 1.49. The molecule has 0 aliphatic heterocycles. The number of hydrogen-bond donors (Lipinski definition) is 0. The molecule has 0 amide bonds. The molecule has 0 radical (unpaired) electrons. The van der Waals surface area contributed by atoms with Crippen molar-refractivity contribution < 1.29 is 0 Å². The summed E-state index contributed by atoms with van der Waals surface area (Å²) >= 11 is 6.09. The van der Waals surface area contributed by atoms with Crippen LogP contribution in [0.3, 0.4) is 0 Å². The van der Waals surface area contributed by atoms with Gasteiger partial charge in [-0.3, -0.25) is 0 Å². The molecule has 2 aromatic heterocycles. The van der Waals surface area contributed by atoms with Crippen molar-refractivity contribution in [1.29, 1.82) is 0 Å². The minimum Gasteiger partial charge on any atom is -0.342 e. The molecule has 0 spiro atoms. The lowest BCUT2D eigenvalue weighted by molar-refractivity contribution is 0.573. The van der Waals surface area contributed by atoms with Gasteiger partial charge in [0.25, 0.3) is 0 Å². The number of benzene rings is 3. The highest BCUT2D eigenvalue weighted by Crippen LogP contribution is 2.29. The third-order valence-electron chi connectivity index (χ3n) is 5.17. The maximum absolute atomic E-state index is 6.09. The summed E-state index contributed by atoms with van der Waals surface area (Å²) in [4.78, 5) is 1.60. The molecule has 0 unspecified atom stereocenters. The number of para-hydroxylation sites is 1. The first-order valence-corrected chi connectivity index (χ1v) is 10.2. The van der Waals surface area contributed by atoms with Crippen molar-refractivity contribution in [2.75, 3.05) is 0 Å². The van der Waals surface area contributed by atoms with Gasteiger partial charge < -0.3 is 4.57 Å². The molecule has 0 aliphatic rings. The predicted molar refractivity (Wildman–Crippen MR) is 120 cm³/mol. The molecule has 0 saturated heterocycles. The largest absolute Gasteiger partial charge is 0.342 e. The molecule has 0 bridgehead atoms. The topological polar surface area (TPSA) is 48.5 Å². The Labute approximate surface area is 179 Å². The molecule has 0 saturated carbocycles. The van der Waals surface area contributed by atoms with Gasteiger partial charge in [0.1, 0.15) is 0 Å². The van der Waals surface area contributed by atoms with Crippen LogP contribution in [0.2, 0.25) is 5.02 Å². The summed E-state index contributed by atoms with van der Waals surface area (Å²) in [5.41, 5.74) is 5.69. The summed E-state index contributed by atoms with van der Waals surface area (Å²) in [6.45, 7) is 3.42. The van der Waals surface area contributed by atoms with E-state index in [4.69, 9.17) is 11.6 Å². The number of aromatic nitrogens is 5. The van der Waals surface area contributed by atoms with Gasteiger partial charge in [-0.25, -0.2) is 0 Å². The summed E-state index contributed by atoms with van der Waals surface area (Å²) in [6.07, 6.45) is 2.12. The second-order valence-electron chi connectivity index (χ2n) is 7.45. The van der Waals surface area contributed by atoms with Crippen LogP contribution in [-0.2, 0) is 13.1 Å². The first-order valence-electron chi connectivity index (χ1n) is 9.82. The molecule has 5 aromatic rings. The van der Waals surface area contributed by atoms with Crippen molar-refractivity contribution in [3.63, 3.8) is 0 Å². The molecule has 148 valence electrons. The van der Waals surface area contributed by atoms with E-state index in [2.05, 4.69) is 75.6 Å². The summed E-state index contributed by atoms with van der Waals surface area (Å²) in [5, 5.41) is 15.0. The van der Waals surface area contributed by atoms with E-state index in [0.29, 0.717) is 17.4 Å². The van der Waals surface area contributed by atoms with Crippen LogP contribution < -0.4 is 0 Å². The second kappa shape index (κ2) is 7.76. The van der Waals surface area contributed by atoms with E-state index in [1.54, 1.807) is 4.80 Å². The van der Waals surface area contributed by atoms with Crippen molar-refractivity contribution in [1.82, 2.24) is 24.8 Å². The van der Waals surface area contributed by atoms with E-state index in [1.807, 2.05) is 30.3 Å². The lowest BCUT2D eigenvalue weighted by Gasteiger charge is -2.05. The number of tetrazole rings is 1. The maximum Gasteiger partial charge on any atom is 0.207 e. The number of fused-ring (bicyclic) bond motifs is 1. The molecule has 2 heterocycles. The smallest absolute Gasteiger partial charge is 0.207 e. The molecule has 0 atom stereocenters. The average Bonchev–Trinajstić information content (AvgIpc) is 3.35. The van der Waals surface area contributed by atoms with Crippen molar-refractivity contribution in [3.05, 3.63) is 101 Å². The standard InChI is InChI=1S/C24H20ClN5/c1-17-9-11-18(12-10-17)14-29-16-22(21-7-2-3-8-23(21)29)24-26-28-30(27-24)15-19-5-4-6-20(25)13-19/h2-13,16H,14-15H2,1H3. The minimum atomic E-state index is 0.523. The van der Waals surface area contributed by atoms with Gasteiger partial charge in [0.2, 0.25) is 5.82 Å². The van der Waals surface area contributed by atoms with Crippen LogP contribution >= 0.6 is 11.6 Å². The van der Waals surface area contributed by atoms with E-state index in [-0.39, 0.29) is 0 Å². The Kier molecular flexibility index (Phi) is 4.81. The van der Waals surface area contributed by atoms with Crippen molar-refractivity contribution in [3.8, 4) is 11.4 Å². The summed E-state index contributed by atoms with van der Waals surface area (Å²) in [7, 11) is 0. The Morgan fingerprint density at radius 1 is 0.867 bits per heavy atom. The van der Waals surface area contributed by atoms with Gasteiger partial charge in [-0.15, -0.1) is 10.2 Å². The molecule has 0 fully saturated rings. The Morgan fingerprint density at radius 3 is 2.53 bits per heavy atom. The van der Waals surface area contributed by atoms with E-state index in [1.165, 1.54) is 11.1 Å². The normalized spacial score (nSPS) is 11.3. The van der Waals surface area contributed by atoms with Crippen LogP contribution in [0.4, 0.5) is 0 Å². The monoisotopic (exact) mass is 413 g/mol. The van der Waals surface area contributed by atoms with Gasteiger partial charge in [0, 0.05) is 34.2 Å². The zero-order valence-electron chi connectivity index (χ0n) is 16.5. The van der Waals surface area contributed by atoms with Gasteiger partial charge in [-0.05, 0) is 41.5 Å². The lowest BCUT2D eigenvalue weighted by atomic mass is 10.1. The van der Waals surface area contributed by atoms with Gasteiger partial charge in [-0.1, -0.05) is 71.8 Å². The maximum atomic E-state index is 6.09.